The summed E-state index contributed by atoms with van der Waals surface area (Å²) in [5.41, 5.74) is 1.08. The van der Waals surface area contributed by atoms with E-state index in [1.165, 1.54) is 0 Å². The standard InChI is InChI=1S/C13H18ClNO2S/c1-3-12(11(2)14)9-10-15-18(16,17)13-7-5-4-6-8-13/h4-8,15H,3,9-10H2,1-2H3/b12-11-. The first-order valence-electron chi connectivity index (χ1n) is 5.86. The van der Waals surface area contributed by atoms with Crippen LogP contribution in [0.25, 0.3) is 0 Å². The number of rotatable bonds is 6. The molecule has 1 aromatic carbocycles. The predicted molar refractivity (Wildman–Crippen MR) is 75.1 cm³/mol. The van der Waals surface area contributed by atoms with E-state index in [0.29, 0.717) is 13.0 Å². The molecule has 0 radical (unpaired) electrons. The van der Waals surface area contributed by atoms with Gasteiger partial charge in [-0.25, -0.2) is 13.1 Å². The Morgan fingerprint density at radius 3 is 2.39 bits per heavy atom. The number of allylic oxidation sites excluding steroid dienone is 1. The number of nitrogens with one attached hydrogen (secondary N) is 1. The highest BCUT2D eigenvalue weighted by molar-refractivity contribution is 7.89. The number of sulfonamides is 1. The van der Waals surface area contributed by atoms with E-state index in [1.54, 1.807) is 30.3 Å². The minimum atomic E-state index is -3.41. The summed E-state index contributed by atoms with van der Waals surface area (Å²) in [6, 6.07) is 8.34. The number of hydrogen-bond acceptors (Lipinski definition) is 2. The van der Waals surface area contributed by atoms with Gasteiger partial charge in [-0.15, -0.1) is 0 Å². The van der Waals surface area contributed by atoms with Gasteiger partial charge < -0.3 is 0 Å². The third-order valence-corrected chi connectivity index (χ3v) is 4.43. The molecule has 100 valence electrons. The molecule has 0 aromatic heterocycles. The van der Waals surface area contributed by atoms with Crippen LogP contribution in [0.15, 0.2) is 45.8 Å². The molecular formula is C13H18ClNO2S. The fraction of sp³-hybridized carbons (Fsp3) is 0.385. The van der Waals surface area contributed by atoms with Crippen molar-refractivity contribution >= 4 is 21.6 Å². The number of benzene rings is 1. The van der Waals surface area contributed by atoms with Crippen LogP contribution in [0.1, 0.15) is 26.7 Å². The summed E-state index contributed by atoms with van der Waals surface area (Å²) in [5, 5.41) is 0.747. The maximum atomic E-state index is 11.9. The van der Waals surface area contributed by atoms with Crippen LogP contribution in [0.5, 0.6) is 0 Å². The molecule has 0 amide bonds. The molecule has 5 heteroatoms. The van der Waals surface area contributed by atoms with Gasteiger partial charge in [0, 0.05) is 11.6 Å². The number of halogens is 1. The molecule has 0 aliphatic rings. The fourth-order valence-corrected chi connectivity index (χ4v) is 2.89. The molecule has 0 aliphatic heterocycles. The van der Waals surface area contributed by atoms with E-state index in [-0.39, 0.29) is 4.90 Å². The van der Waals surface area contributed by atoms with E-state index in [9.17, 15) is 8.42 Å². The first-order chi connectivity index (χ1) is 8.47. The second-order valence-corrected chi connectivity index (χ2v) is 6.29. The van der Waals surface area contributed by atoms with Gasteiger partial charge in [0.25, 0.3) is 0 Å². The van der Waals surface area contributed by atoms with E-state index in [2.05, 4.69) is 4.72 Å². The van der Waals surface area contributed by atoms with Crippen LogP contribution in [-0.4, -0.2) is 15.0 Å². The third kappa shape index (κ3) is 4.44. The van der Waals surface area contributed by atoms with Crippen molar-refractivity contribution in [3.05, 3.63) is 40.9 Å². The Hall–Kier alpha value is -0.840. The zero-order valence-electron chi connectivity index (χ0n) is 10.6. The summed E-state index contributed by atoms with van der Waals surface area (Å²) >= 11 is 5.91. The summed E-state index contributed by atoms with van der Waals surface area (Å²) in [6.07, 6.45) is 1.47. The van der Waals surface area contributed by atoms with Crippen molar-refractivity contribution in [2.45, 2.75) is 31.6 Å². The van der Waals surface area contributed by atoms with Gasteiger partial charge in [0.1, 0.15) is 0 Å². The molecule has 0 spiro atoms. The topological polar surface area (TPSA) is 46.2 Å². The van der Waals surface area contributed by atoms with Gasteiger partial charge >= 0.3 is 0 Å². The summed E-state index contributed by atoms with van der Waals surface area (Å²) in [5.74, 6) is 0. The largest absolute Gasteiger partial charge is 0.240 e. The van der Waals surface area contributed by atoms with E-state index in [1.807, 2.05) is 13.8 Å². The first kappa shape index (κ1) is 15.2. The van der Waals surface area contributed by atoms with Gasteiger partial charge in [-0.05, 0) is 31.9 Å². The average molecular weight is 288 g/mol. The average Bonchev–Trinajstić information content (AvgIpc) is 2.35. The summed E-state index contributed by atoms with van der Waals surface area (Å²) in [6.45, 7) is 4.20. The van der Waals surface area contributed by atoms with E-state index in [0.717, 1.165) is 17.0 Å². The van der Waals surface area contributed by atoms with Gasteiger partial charge in [-0.2, -0.15) is 0 Å². The van der Waals surface area contributed by atoms with Gasteiger partial charge in [-0.1, -0.05) is 42.3 Å². The van der Waals surface area contributed by atoms with Crippen molar-refractivity contribution in [1.29, 1.82) is 0 Å². The van der Waals surface area contributed by atoms with Crippen LogP contribution in [0.3, 0.4) is 0 Å². The summed E-state index contributed by atoms with van der Waals surface area (Å²) < 4.78 is 26.4. The lowest BCUT2D eigenvalue weighted by Crippen LogP contribution is -2.25. The minimum absolute atomic E-state index is 0.287. The zero-order valence-corrected chi connectivity index (χ0v) is 12.2. The van der Waals surface area contributed by atoms with E-state index < -0.39 is 10.0 Å². The van der Waals surface area contributed by atoms with Gasteiger partial charge in [-0.3, -0.25) is 0 Å². The molecule has 0 atom stereocenters. The zero-order chi connectivity index (χ0) is 13.6. The Bertz CT molecular complexity index is 505. The maximum absolute atomic E-state index is 11.9. The van der Waals surface area contributed by atoms with Gasteiger partial charge in [0.15, 0.2) is 0 Å². The molecule has 3 nitrogen and oxygen atoms in total. The monoisotopic (exact) mass is 287 g/mol. The van der Waals surface area contributed by atoms with Gasteiger partial charge in [0.2, 0.25) is 10.0 Å². The molecule has 0 saturated carbocycles. The maximum Gasteiger partial charge on any atom is 0.240 e. The molecule has 0 unspecified atom stereocenters. The Balaban J connectivity index is 2.62. The molecule has 0 saturated heterocycles. The summed E-state index contributed by atoms with van der Waals surface area (Å²) in [4.78, 5) is 0.287. The minimum Gasteiger partial charge on any atom is -0.211 e. The van der Waals surface area contributed by atoms with Crippen molar-refractivity contribution in [3.63, 3.8) is 0 Å². The van der Waals surface area contributed by atoms with Crippen LogP contribution in [0.4, 0.5) is 0 Å². The van der Waals surface area contributed by atoms with Crippen LogP contribution < -0.4 is 4.72 Å². The van der Waals surface area contributed by atoms with Crippen molar-refractivity contribution < 1.29 is 8.42 Å². The van der Waals surface area contributed by atoms with Crippen molar-refractivity contribution in [2.24, 2.45) is 0 Å². The second kappa shape index (κ2) is 6.92. The smallest absolute Gasteiger partial charge is 0.211 e. The Morgan fingerprint density at radius 2 is 1.89 bits per heavy atom. The van der Waals surface area contributed by atoms with E-state index >= 15 is 0 Å². The van der Waals surface area contributed by atoms with Crippen LogP contribution in [0.2, 0.25) is 0 Å². The highest BCUT2D eigenvalue weighted by atomic mass is 35.5. The quantitative estimate of drug-likeness (QED) is 0.873. The fourth-order valence-electron chi connectivity index (χ4n) is 1.61. The molecule has 18 heavy (non-hydrogen) atoms. The molecular weight excluding hydrogens is 270 g/mol. The van der Waals surface area contributed by atoms with Crippen molar-refractivity contribution in [1.82, 2.24) is 4.72 Å². The number of hydrogen-bond donors (Lipinski definition) is 1. The molecule has 0 fully saturated rings. The third-order valence-electron chi connectivity index (χ3n) is 2.69. The summed E-state index contributed by atoms with van der Waals surface area (Å²) in [7, 11) is -3.41. The van der Waals surface area contributed by atoms with Crippen LogP contribution in [-0.2, 0) is 10.0 Å². The molecule has 1 aromatic rings. The lowest BCUT2D eigenvalue weighted by atomic mass is 10.1. The van der Waals surface area contributed by atoms with Crippen LogP contribution >= 0.6 is 11.6 Å². The Morgan fingerprint density at radius 1 is 1.28 bits per heavy atom. The lowest BCUT2D eigenvalue weighted by molar-refractivity contribution is 0.581. The Kier molecular flexibility index (Phi) is 5.85. The van der Waals surface area contributed by atoms with Crippen molar-refractivity contribution in [3.8, 4) is 0 Å². The molecule has 0 bridgehead atoms. The Labute approximate surface area is 114 Å². The lowest BCUT2D eigenvalue weighted by Gasteiger charge is -2.08. The molecule has 1 rings (SSSR count). The molecule has 0 heterocycles. The highest BCUT2D eigenvalue weighted by Gasteiger charge is 2.12. The van der Waals surface area contributed by atoms with Crippen molar-refractivity contribution in [2.75, 3.05) is 6.54 Å². The predicted octanol–water partition coefficient (Wildman–Crippen LogP) is 3.28. The normalized spacial score (nSPS) is 13.3. The van der Waals surface area contributed by atoms with Crippen LogP contribution in [0, 0.1) is 0 Å². The first-order valence-corrected chi connectivity index (χ1v) is 7.72. The molecule has 0 aliphatic carbocycles. The van der Waals surface area contributed by atoms with Gasteiger partial charge in [0.05, 0.1) is 4.90 Å². The SMILES string of the molecule is CC/C(CCNS(=O)(=O)c1ccccc1)=C(\C)Cl. The highest BCUT2D eigenvalue weighted by Crippen LogP contribution is 2.15. The molecule has 1 N–H and O–H groups in total. The second-order valence-electron chi connectivity index (χ2n) is 3.95. The van der Waals surface area contributed by atoms with E-state index in [4.69, 9.17) is 11.6 Å².